The van der Waals surface area contributed by atoms with Gasteiger partial charge in [0.1, 0.15) is 0 Å². The first-order valence-corrected chi connectivity index (χ1v) is 8.49. The Bertz CT molecular complexity index is 789. The van der Waals surface area contributed by atoms with E-state index >= 15 is 0 Å². The van der Waals surface area contributed by atoms with Crippen LogP contribution < -0.4 is 0 Å². The second-order valence-electron chi connectivity index (χ2n) is 5.28. The maximum atomic E-state index is 5.54. The highest BCUT2D eigenvalue weighted by atomic mass is 32.1. The summed E-state index contributed by atoms with van der Waals surface area (Å²) in [7, 11) is 0. The van der Waals surface area contributed by atoms with E-state index < -0.39 is 0 Å². The van der Waals surface area contributed by atoms with Gasteiger partial charge in [0.05, 0.1) is 12.9 Å². The summed E-state index contributed by atoms with van der Waals surface area (Å²) in [6.07, 6.45) is 3.97. The number of hydrogen-bond donors (Lipinski definition) is 0. The van der Waals surface area contributed by atoms with E-state index in [1.165, 1.54) is 17.7 Å². The summed E-state index contributed by atoms with van der Waals surface area (Å²) < 4.78 is 12.6. The van der Waals surface area contributed by atoms with Crippen LogP contribution in [-0.2, 0) is 6.67 Å². The van der Waals surface area contributed by atoms with Gasteiger partial charge in [0.2, 0.25) is 0 Å². The predicted octanol–water partition coefficient (Wildman–Crippen LogP) is 4.32. The van der Waals surface area contributed by atoms with E-state index in [9.17, 15) is 0 Å². The number of hydrogen-bond acceptors (Lipinski definition) is 6. The lowest BCUT2D eigenvalue weighted by Crippen LogP contribution is -2.26. The van der Waals surface area contributed by atoms with Crippen molar-refractivity contribution in [1.82, 2.24) is 14.7 Å². The third-order valence-electron chi connectivity index (χ3n) is 3.89. The Morgan fingerprint density at radius 3 is 3.09 bits per heavy atom. The van der Waals surface area contributed by atoms with Crippen LogP contribution in [0.5, 0.6) is 0 Å². The van der Waals surface area contributed by atoms with Gasteiger partial charge >= 0.3 is 0 Å². The van der Waals surface area contributed by atoms with Crippen molar-refractivity contribution >= 4 is 23.6 Å². The lowest BCUT2D eigenvalue weighted by Gasteiger charge is -2.22. The molecule has 1 saturated heterocycles. The highest BCUT2D eigenvalue weighted by Crippen LogP contribution is 2.34. The van der Waals surface area contributed by atoms with E-state index in [4.69, 9.17) is 21.1 Å². The van der Waals surface area contributed by atoms with Crippen LogP contribution in [-0.4, -0.2) is 21.2 Å². The summed E-state index contributed by atoms with van der Waals surface area (Å²) in [5.74, 6) is 1.03. The number of likely N-dealkylation sites (tertiary alicyclic amines) is 1. The summed E-state index contributed by atoms with van der Waals surface area (Å²) in [4.78, 5) is 4.18. The molecule has 3 aromatic heterocycles. The summed E-state index contributed by atoms with van der Waals surface area (Å²) in [6, 6.07) is 8.37. The molecule has 1 atom stereocenters. The molecule has 7 heteroatoms. The molecule has 0 radical (unpaired) electrons. The van der Waals surface area contributed by atoms with Crippen LogP contribution in [0.3, 0.4) is 0 Å². The monoisotopic (exact) mass is 333 g/mol. The molecule has 1 aliphatic rings. The molecule has 114 valence electrons. The van der Waals surface area contributed by atoms with Gasteiger partial charge in [0.25, 0.3) is 10.7 Å². The minimum atomic E-state index is 0.378. The van der Waals surface area contributed by atoms with Gasteiger partial charge in [0, 0.05) is 17.5 Å². The Kier molecular flexibility index (Phi) is 3.69. The molecule has 0 spiro atoms. The highest BCUT2D eigenvalue weighted by Gasteiger charge is 2.27. The van der Waals surface area contributed by atoms with Crippen molar-refractivity contribution in [2.45, 2.75) is 25.6 Å². The van der Waals surface area contributed by atoms with E-state index in [-0.39, 0.29) is 0 Å². The zero-order valence-corrected chi connectivity index (χ0v) is 13.5. The molecule has 0 unspecified atom stereocenters. The molecular weight excluding hydrogens is 318 g/mol. The standard InChI is InChI=1S/C15H15N3O2S2/c21-15-18(16-14(20-15)12-5-2-8-19-12)10-17-7-1-4-11(17)13-6-3-9-22-13/h2-3,5-6,8-9,11H,1,4,7,10H2/t11-/m1/s1. The summed E-state index contributed by atoms with van der Waals surface area (Å²) in [5, 5.41) is 6.57. The molecule has 3 aromatic rings. The van der Waals surface area contributed by atoms with Gasteiger partial charge in [-0.15, -0.1) is 16.4 Å². The fourth-order valence-electron chi connectivity index (χ4n) is 2.87. The highest BCUT2D eigenvalue weighted by molar-refractivity contribution is 7.71. The van der Waals surface area contributed by atoms with Crippen LogP contribution in [0.25, 0.3) is 11.7 Å². The average molecular weight is 333 g/mol. The molecule has 0 N–H and O–H groups in total. The fourth-order valence-corrected chi connectivity index (χ4v) is 3.94. The van der Waals surface area contributed by atoms with E-state index in [2.05, 4.69) is 27.5 Å². The Balaban J connectivity index is 1.57. The minimum Gasteiger partial charge on any atom is -0.459 e. The third kappa shape index (κ3) is 2.55. The van der Waals surface area contributed by atoms with Gasteiger partial charge in [0.15, 0.2) is 5.76 Å². The summed E-state index contributed by atoms with van der Waals surface area (Å²) >= 11 is 7.09. The largest absolute Gasteiger partial charge is 0.459 e. The topological polar surface area (TPSA) is 47.3 Å². The SMILES string of the molecule is S=c1oc(-c2ccco2)nn1CN1CCC[C@@H]1c1cccs1. The van der Waals surface area contributed by atoms with Gasteiger partial charge in [-0.3, -0.25) is 4.90 Å². The molecule has 0 saturated carbocycles. The van der Waals surface area contributed by atoms with Crippen LogP contribution >= 0.6 is 23.6 Å². The van der Waals surface area contributed by atoms with Crippen LogP contribution in [0.4, 0.5) is 0 Å². The molecule has 0 bridgehead atoms. The van der Waals surface area contributed by atoms with Gasteiger partial charge in [-0.2, -0.15) is 0 Å². The molecule has 0 aliphatic carbocycles. The maximum absolute atomic E-state index is 5.54. The van der Waals surface area contributed by atoms with E-state index in [1.807, 2.05) is 6.07 Å². The molecule has 1 fully saturated rings. The number of nitrogens with zero attached hydrogens (tertiary/aromatic N) is 3. The average Bonchev–Trinajstić information content (AvgIpc) is 3.27. The normalized spacial score (nSPS) is 19.0. The van der Waals surface area contributed by atoms with Crippen molar-refractivity contribution in [3.05, 3.63) is 45.6 Å². The lowest BCUT2D eigenvalue weighted by atomic mass is 10.2. The van der Waals surface area contributed by atoms with Gasteiger partial charge in [-0.25, -0.2) is 4.68 Å². The minimum absolute atomic E-state index is 0.378. The summed E-state index contributed by atoms with van der Waals surface area (Å²) in [5.41, 5.74) is 0. The first-order valence-electron chi connectivity index (χ1n) is 7.20. The number of aromatic nitrogens is 2. The number of furan rings is 1. The van der Waals surface area contributed by atoms with Gasteiger partial charge in [-0.05, 0) is 48.6 Å². The van der Waals surface area contributed by atoms with Crippen LogP contribution in [0.15, 0.2) is 44.7 Å². The molecule has 5 nitrogen and oxygen atoms in total. The van der Waals surface area contributed by atoms with Crippen LogP contribution in [0.1, 0.15) is 23.8 Å². The van der Waals surface area contributed by atoms with Crippen molar-refractivity contribution in [3.63, 3.8) is 0 Å². The first kappa shape index (κ1) is 13.9. The Morgan fingerprint density at radius 1 is 1.36 bits per heavy atom. The smallest absolute Gasteiger partial charge is 0.288 e. The maximum Gasteiger partial charge on any atom is 0.288 e. The molecule has 1 aliphatic heterocycles. The Morgan fingerprint density at radius 2 is 2.32 bits per heavy atom. The lowest BCUT2D eigenvalue weighted by molar-refractivity contribution is 0.190. The van der Waals surface area contributed by atoms with Crippen molar-refractivity contribution in [2.24, 2.45) is 0 Å². The molecule has 4 heterocycles. The van der Waals surface area contributed by atoms with Crippen LogP contribution in [0.2, 0.25) is 0 Å². The van der Waals surface area contributed by atoms with Crippen molar-refractivity contribution in [3.8, 4) is 11.7 Å². The van der Waals surface area contributed by atoms with Gasteiger partial charge < -0.3 is 8.83 Å². The van der Waals surface area contributed by atoms with E-state index in [0.717, 1.165) is 6.54 Å². The van der Waals surface area contributed by atoms with Gasteiger partial charge in [-0.1, -0.05) is 6.07 Å². The second kappa shape index (κ2) is 5.83. The molecule has 0 amide bonds. The molecule has 0 aromatic carbocycles. The molecule has 22 heavy (non-hydrogen) atoms. The van der Waals surface area contributed by atoms with Crippen molar-refractivity contribution < 1.29 is 8.83 Å². The van der Waals surface area contributed by atoms with Crippen molar-refractivity contribution in [2.75, 3.05) is 6.54 Å². The quantitative estimate of drug-likeness (QED) is 0.665. The predicted molar refractivity (Wildman–Crippen MR) is 86.0 cm³/mol. The number of thiophene rings is 1. The van der Waals surface area contributed by atoms with E-state index in [1.54, 1.807) is 28.3 Å². The number of rotatable bonds is 4. The van der Waals surface area contributed by atoms with Crippen LogP contribution in [0, 0.1) is 4.84 Å². The first-order chi connectivity index (χ1) is 10.8. The fraction of sp³-hybridized carbons (Fsp3) is 0.333. The zero-order valence-electron chi connectivity index (χ0n) is 11.8. The third-order valence-corrected chi connectivity index (χ3v) is 5.16. The summed E-state index contributed by atoms with van der Waals surface area (Å²) in [6.45, 7) is 1.69. The molecular formula is C15H15N3O2S2. The zero-order chi connectivity index (χ0) is 14.9. The van der Waals surface area contributed by atoms with E-state index in [0.29, 0.717) is 29.2 Å². The van der Waals surface area contributed by atoms with Crippen molar-refractivity contribution in [1.29, 1.82) is 0 Å². The second-order valence-corrected chi connectivity index (χ2v) is 6.61. The Hall–Kier alpha value is -1.70. The Labute approximate surface area is 136 Å². The molecule has 4 rings (SSSR count).